The highest BCUT2D eigenvalue weighted by atomic mass is 19.3. The molecule has 3 aromatic rings. The number of benzene rings is 2. The Labute approximate surface area is 180 Å². The second-order valence-corrected chi connectivity index (χ2v) is 6.98. The molecule has 0 radical (unpaired) electrons. The van der Waals surface area contributed by atoms with Gasteiger partial charge in [0.05, 0.1) is 5.97 Å². The number of carbonyl (C=O) groups excluding carboxylic acids is 1. The normalized spacial score (nSPS) is 12.1. The SMILES string of the molecule is Cc1ccc(COc2ccc(-n3nc(C)n(C(F)F)c3=O)c(F)c2)c(OC(C)C(=O)[O-])c1. The summed E-state index contributed by atoms with van der Waals surface area (Å²) in [5.41, 5.74) is -0.148. The molecule has 0 spiro atoms. The van der Waals surface area contributed by atoms with Crippen LogP contribution in [0.4, 0.5) is 13.2 Å². The second-order valence-electron chi connectivity index (χ2n) is 6.98. The van der Waals surface area contributed by atoms with Gasteiger partial charge in [-0.25, -0.2) is 13.8 Å². The fourth-order valence-corrected chi connectivity index (χ4v) is 2.90. The minimum Gasteiger partial charge on any atom is -0.546 e. The number of aromatic nitrogens is 3. The number of nitrogens with zero attached hydrogens (tertiary/aromatic N) is 3. The third-order valence-corrected chi connectivity index (χ3v) is 4.58. The van der Waals surface area contributed by atoms with Crippen LogP contribution in [0.3, 0.4) is 0 Å². The fraction of sp³-hybridized carbons (Fsp3) is 0.286. The van der Waals surface area contributed by atoms with Gasteiger partial charge >= 0.3 is 12.2 Å². The van der Waals surface area contributed by atoms with Crippen molar-refractivity contribution in [1.29, 1.82) is 0 Å². The van der Waals surface area contributed by atoms with Gasteiger partial charge < -0.3 is 19.4 Å². The Balaban J connectivity index is 1.82. The van der Waals surface area contributed by atoms with Crippen LogP contribution in [-0.4, -0.2) is 26.4 Å². The summed E-state index contributed by atoms with van der Waals surface area (Å²) in [5.74, 6) is -2.19. The molecule has 0 aliphatic carbocycles. The number of aryl methyl sites for hydroxylation is 2. The highest BCUT2D eigenvalue weighted by Gasteiger charge is 2.20. The van der Waals surface area contributed by atoms with Crippen LogP contribution in [0.1, 0.15) is 30.4 Å². The number of carbonyl (C=O) groups is 1. The number of hydrogen-bond acceptors (Lipinski definition) is 6. The van der Waals surface area contributed by atoms with E-state index in [1.54, 1.807) is 25.1 Å². The molecule has 0 aliphatic rings. The monoisotopic (exact) mass is 450 g/mol. The molecule has 0 N–H and O–H groups in total. The van der Waals surface area contributed by atoms with Gasteiger partial charge in [0.2, 0.25) is 0 Å². The fourth-order valence-electron chi connectivity index (χ4n) is 2.90. The van der Waals surface area contributed by atoms with E-state index in [2.05, 4.69) is 5.10 Å². The van der Waals surface area contributed by atoms with E-state index < -0.39 is 30.1 Å². The quantitative estimate of drug-likeness (QED) is 0.522. The van der Waals surface area contributed by atoms with Crippen molar-refractivity contribution in [2.24, 2.45) is 0 Å². The van der Waals surface area contributed by atoms with E-state index in [9.17, 15) is 27.9 Å². The summed E-state index contributed by atoms with van der Waals surface area (Å²) in [6.45, 7) is 1.16. The van der Waals surface area contributed by atoms with Gasteiger partial charge in [0.15, 0.2) is 5.82 Å². The highest BCUT2D eigenvalue weighted by Crippen LogP contribution is 2.25. The van der Waals surface area contributed by atoms with Gasteiger partial charge in [-0.15, -0.1) is 5.10 Å². The minimum absolute atomic E-state index is 0.0762. The molecular weight excluding hydrogens is 431 g/mol. The molecule has 2 aromatic carbocycles. The summed E-state index contributed by atoms with van der Waals surface area (Å²) >= 11 is 0. The Morgan fingerprint density at radius 3 is 2.50 bits per heavy atom. The molecule has 32 heavy (non-hydrogen) atoms. The predicted octanol–water partition coefficient (Wildman–Crippen LogP) is 2.28. The summed E-state index contributed by atoms with van der Waals surface area (Å²) in [6.07, 6.45) is -1.19. The largest absolute Gasteiger partial charge is 0.546 e. The van der Waals surface area contributed by atoms with Crippen molar-refractivity contribution in [2.45, 2.75) is 40.0 Å². The molecule has 1 atom stereocenters. The summed E-state index contributed by atoms with van der Waals surface area (Å²) in [4.78, 5) is 23.1. The molecule has 0 fully saturated rings. The smallest absolute Gasteiger partial charge is 0.355 e. The summed E-state index contributed by atoms with van der Waals surface area (Å²) in [6, 6.07) is 8.59. The Morgan fingerprint density at radius 2 is 1.91 bits per heavy atom. The summed E-state index contributed by atoms with van der Waals surface area (Å²) in [7, 11) is 0. The molecule has 1 unspecified atom stereocenters. The zero-order chi connectivity index (χ0) is 23.6. The molecule has 0 aliphatic heterocycles. The van der Waals surface area contributed by atoms with E-state index in [4.69, 9.17) is 9.47 Å². The van der Waals surface area contributed by atoms with E-state index in [1.165, 1.54) is 26.0 Å². The molecule has 170 valence electrons. The van der Waals surface area contributed by atoms with Crippen molar-refractivity contribution in [3.8, 4) is 17.2 Å². The average Bonchev–Trinajstić information content (AvgIpc) is 3.01. The standard InChI is InChI=1S/C21H20F3N3O5/c1-11-4-5-14(18(8-11)32-12(2)19(28)29)10-31-15-6-7-17(16(22)9-15)27-21(30)26(20(23)24)13(3)25-27/h4-9,12,20H,10H2,1-3H3,(H,28,29)/p-1. The zero-order valence-electron chi connectivity index (χ0n) is 17.3. The number of rotatable bonds is 8. The number of ether oxygens (including phenoxy) is 2. The van der Waals surface area contributed by atoms with Gasteiger partial charge in [-0.3, -0.25) is 0 Å². The van der Waals surface area contributed by atoms with E-state index in [0.29, 0.717) is 10.2 Å². The van der Waals surface area contributed by atoms with Crippen LogP contribution >= 0.6 is 0 Å². The first-order chi connectivity index (χ1) is 15.1. The molecule has 8 nitrogen and oxygen atoms in total. The number of alkyl halides is 2. The molecule has 3 rings (SSSR count). The molecule has 1 heterocycles. The maximum atomic E-state index is 14.6. The van der Waals surface area contributed by atoms with Crippen LogP contribution in [0.2, 0.25) is 0 Å². The number of hydrogen-bond donors (Lipinski definition) is 0. The van der Waals surface area contributed by atoms with Gasteiger partial charge in [0, 0.05) is 11.6 Å². The Hall–Kier alpha value is -3.76. The molecule has 0 bridgehead atoms. The third kappa shape index (κ3) is 4.76. The molecule has 0 saturated carbocycles. The lowest BCUT2D eigenvalue weighted by atomic mass is 10.1. The minimum atomic E-state index is -3.10. The topological polar surface area (TPSA) is 98.4 Å². The maximum absolute atomic E-state index is 14.6. The van der Waals surface area contributed by atoms with Crippen LogP contribution in [-0.2, 0) is 11.4 Å². The van der Waals surface area contributed by atoms with Gasteiger partial charge in [-0.1, -0.05) is 12.1 Å². The van der Waals surface area contributed by atoms with Gasteiger partial charge in [-0.2, -0.15) is 13.5 Å². The first kappa shape index (κ1) is 22.9. The van der Waals surface area contributed by atoms with E-state index in [0.717, 1.165) is 11.6 Å². The Morgan fingerprint density at radius 1 is 1.19 bits per heavy atom. The van der Waals surface area contributed by atoms with Crippen molar-refractivity contribution in [3.63, 3.8) is 0 Å². The number of carboxylic acid groups (broad SMARTS) is 1. The molecule has 1 aromatic heterocycles. The maximum Gasteiger partial charge on any atom is 0.355 e. The Kier molecular flexibility index (Phi) is 6.56. The van der Waals surface area contributed by atoms with E-state index >= 15 is 0 Å². The zero-order valence-corrected chi connectivity index (χ0v) is 17.3. The molecule has 0 saturated heterocycles. The summed E-state index contributed by atoms with van der Waals surface area (Å²) in [5, 5.41) is 14.7. The van der Waals surface area contributed by atoms with Crippen molar-refractivity contribution in [3.05, 3.63) is 69.7 Å². The molecule has 0 amide bonds. The van der Waals surface area contributed by atoms with Gasteiger partial charge in [-0.05, 0) is 44.5 Å². The number of carboxylic acids is 1. The Bertz CT molecular complexity index is 1210. The summed E-state index contributed by atoms with van der Waals surface area (Å²) < 4.78 is 52.2. The van der Waals surface area contributed by atoms with Crippen molar-refractivity contribution < 1.29 is 32.5 Å². The first-order valence-corrected chi connectivity index (χ1v) is 9.44. The third-order valence-electron chi connectivity index (χ3n) is 4.58. The van der Waals surface area contributed by atoms with Crippen LogP contribution in [0.25, 0.3) is 5.69 Å². The lowest BCUT2D eigenvalue weighted by Crippen LogP contribution is -2.37. The molecular formula is C21H19F3N3O5-. The van der Waals surface area contributed by atoms with Crippen LogP contribution in [0.5, 0.6) is 11.5 Å². The van der Waals surface area contributed by atoms with Crippen LogP contribution in [0.15, 0.2) is 41.2 Å². The van der Waals surface area contributed by atoms with E-state index in [1.807, 2.05) is 0 Å². The van der Waals surface area contributed by atoms with Crippen LogP contribution < -0.4 is 20.3 Å². The van der Waals surface area contributed by atoms with Crippen molar-refractivity contribution >= 4 is 5.97 Å². The highest BCUT2D eigenvalue weighted by molar-refractivity contribution is 5.70. The van der Waals surface area contributed by atoms with E-state index in [-0.39, 0.29) is 34.2 Å². The first-order valence-electron chi connectivity index (χ1n) is 9.44. The molecule has 11 heteroatoms. The average molecular weight is 450 g/mol. The predicted molar refractivity (Wildman–Crippen MR) is 104 cm³/mol. The van der Waals surface area contributed by atoms with Crippen molar-refractivity contribution in [2.75, 3.05) is 0 Å². The van der Waals surface area contributed by atoms with Gasteiger partial charge in [0.1, 0.15) is 35.7 Å². The number of aliphatic carboxylic acids is 1. The number of halogens is 3. The lowest BCUT2D eigenvalue weighted by molar-refractivity contribution is -0.312. The lowest BCUT2D eigenvalue weighted by Gasteiger charge is -2.19. The van der Waals surface area contributed by atoms with Crippen LogP contribution in [0, 0.1) is 19.7 Å². The van der Waals surface area contributed by atoms with Gasteiger partial charge in [0.25, 0.3) is 0 Å². The second kappa shape index (κ2) is 9.16. The van der Waals surface area contributed by atoms with Crippen molar-refractivity contribution in [1.82, 2.24) is 14.3 Å².